The molecule has 1 aromatic carbocycles. The molecule has 20 heavy (non-hydrogen) atoms. The molecule has 0 aliphatic carbocycles. The molecule has 2 rings (SSSR count). The van der Waals surface area contributed by atoms with Crippen molar-refractivity contribution in [2.45, 2.75) is 39.0 Å². The maximum Gasteiger partial charge on any atom is 0.225 e. The summed E-state index contributed by atoms with van der Waals surface area (Å²) in [6, 6.07) is 8.01. The first-order chi connectivity index (χ1) is 9.72. The van der Waals surface area contributed by atoms with Gasteiger partial charge in [0.05, 0.1) is 18.6 Å². The third-order valence-electron chi connectivity index (χ3n) is 3.81. The second-order valence-corrected chi connectivity index (χ2v) is 5.24. The molecular weight excluding hydrogens is 254 g/mol. The van der Waals surface area contributed by atoms with E-state index in [9.17, 15) is 4.79 Å². The van der Waals surface area contributed by atoms with E-state index >= 15 is 0 Å². The molecule has 0 radical (unpaired) electrons. The van der Waals surface area contributed by atoms with Crippen LogP contribution in [0.25, 0.3) is 0 Å². The van der Waals surface area contributed by atoms with Crippen molar-refractivity contribution in [3.8, 4) is 0 Å². The monoisotopic (exact) mass is 277 g/mol. The third-order valence-corrected chi connectivity index (χ3v) is 3.81. The van der Waals surface area contributed by atoms with E-state index < -0.39 is 0 Å². The van der Waals surface area contributed by atoms with E-state index in [-0.39, 0.29) is 17.9 Å². The predicted octanol–water partition coefficient (Wildman–Crippen LogP) is 2.26. The fraction of sp³-hybridized carbons (Fsp3) is 0.562. The van der Waals surface area contributed by atoms with Crippen LogP contribution < -0.4 is 5.32 Å². The molecule has 0 spiro atoms. The van der Waals surface area contributed by atoms with E-state index in [2.05, 4.69) is 5.32 Å². The summed E-state index contributed by atoms with van der Waals surface area (Å²) in [4.78, 5) is 12.2. The number of methoxy groups -OCH3 is 1. The van der Waals surface area contributed by atoms with Gasteiger partial charge in [0, 0.05) is 20.3 Å². The van der Waals surface area contributed by atoms with Crippen molar-refractivity contribution in [3.63, 3.8) is 0 Å². The smallest absolute Gasteiger partial charge is 0.225 e. The van der Waals surface area contributed by atoms with Gasteiger partial charge in [0.15, 0.2) is 0 Å². The van der Waals surface area contributed by atoms with Crippen LogP contribution in [0.3, 0.4) is 0 Å². The SMILES string of the molecule is COCc1ccccc1CNC(=O)[C@H]1CCCO[C@@H]1C. The van der Waals surface area contributed by atoms with Crippen LogP contribution in [-0.4, -0.2) is 25.7 Å². The zero-order valence-corrected chi connectivity index (χ0v) is 12.2. The molecule has 0 unspecified atom stereocenters. The average Bonchev–Trinajstić information content (AvgIpc) is 2.47. The minimum atomic E-state index is -0.0293. The molecule has 1 amide bonds. The minimum Gasteiger partial charge on any atom is -0.380 e. The van der Waals surface area contributed by atoms with E-state index in [1.165, 1.54) is 0 Å². The molecule has 2 atom stereocenters. The molecule has 1 heterocycles. The first kappa shape index (κ1) is 15.0. The van der Waals surface area contributed by atoms with Crippen LogP contribution in [0.5, 0.6) is 0 Å². The Balaban J connectivity index is 1.92. The molecule has 1 N–H and O–H groups in total. The summed E-state index contributed by atoms with van der Waals surface area (Å²) in [5, 5.41) is 3.02. The van der Waals surface area contributed by atoms with Gasteiger partial charge in [0.2, 0.25) is 5.91 Å². The van der Waals surface area contributed by atoms with Gasteiger partial charge in [-0.15, -0.1) is 0 Å². The molecule has 4 heteroatoms. The van der Waals surface area contributed by atoms with Crippen LogP contribution in [0, 0.1) is 5.92 Å². The van der Waals surface area contributed by atoms with Gasteiger partial charge in [0.25, 0.3) is 0 Å². The van der Waals surface area contributed by atoms with Gasteiger partial charge in [-0.25, -0.2) is 0 Å². The van der Waals surface area contributed by atoms with Gasteiger partial charge in [-0.1, -0.05) is 24.3 Å². The van der Waals surface area contributed by atoms with Crippen LogP contribution in [0.1, 0.15) is 30.9 Å². The van der Waals surface area contributed by atoms with Gasteiger partial charge < -0.3 is 14.8 Å². The summed E-state index contributed by atoms with van der Waals surface area (Å²) in [5.41, 5.74) is 2.22. The summed E-state index contributed by atoms with van der Waals surface area (Å²) in [6.45, 7) is 3.85. The molecule has 1 aliphatic rings. The number of hydrogen-bond acceptors (Lipinski definition) is 3. The second kappa shape index (κ2) is 7.41. The van der Waals surface area contributed by atoms with Crippen molar-refractivity contribution < 1.29 is 14.3 Å². The number of carbonyl (C=O) groups is 1. The lowest BCUT2D eigenvalue weighted by Crippen LogP contribution is -2.40. The summed E-state index contributed by atoms with van der Waals surface area (Å²) in [7, 11) is 1.68. The highest BCUT2D eigenvalue weighted by Gasteiger charge is 2.28. The van der Waals surface area contributed by atoms with Crippen molar-refractivity contribution in [2.24, 2.45) is 5.92 Å². The lowest BCUT2D eigenvalue weighted by molar-refractivity contribution is -0.133. The largest absolute Gasteiger partial charge is 0.380 e. The lowest BCUT2D eigenvalue weighted by Gasteiger charge is -2.28. The molecule has 1 aromatic rings. The Hall–Kier alpha value is -1.39. The summed E-state index contributed by atoms with van der Waals surface area (Å²) in [6.07, 6.45) is 1.88. The third kappa shape index (κ3) is 3.81. The Morgan fingerprint density at radius 1 is 1.40 bits per heavy atom. The van der Waals surface area contributed by atoms with E-state index in [4.69, 9.17) is 9.47 Å². The fourth-order valence-corrected chi connectivity index (χ4v) is 2.61. The van der Waals surface area contributed by atoms with Crippen LogP contribution >= 0.6 is 0 Å². The Morgan fingerprint density at radius 2 is 2.15 bits per heavy atom. The van der Waals surface area contributed by atoms with Gasteiger partial charge in [-0.2, -0.15) is 0 Å². The summed E-state index contributed by atoms with van der Waals surface area (Å²) >= 11 is 0. The minimum absolute atomic E-state index is 0.0120. The van der Waals surface area contributed by atoms with Crippen LogP contribution in [0.2, 0.25) is 0 Å². The van der Waals surface area contributed by atoms with E-state index in [0.717, 1.165) is 30.6 Å². The van der Waals surface area contributed by atoms with E-state index in [1.807, 2.05) is 31.2 Å². The Bertz CT molecular complexity index is 447. The first-order valence-electron chi connectivity index (χ1n) is 7.17. The number of ether oxygens (including phenoxy) is 2. The van der Waals surface area contributed by atoms with Gasteiger partial charge in [-0.3, -0.25) is 4.79 Å². The van der Waals surface area contributed by atoms with Crippen LogP contribution in [-0.2, 0) is 27.4 Å². The van der Waals surface area contributed by atoms with Gasteiger partial charge in [0.1, 0.15) is 0 Å². The molecule has 4 nitrogen and oxygen atoms in total. The maximum absolute atomic E-state index is 12.2. The van der Waals surface area contributed by atoms with Crippen molar-refractivity contribution in [1.82, 2.24) is 5.32 Å². The number of carbonyl (C=O) groups excluding carboxylic acids is 1. The van der Waals surface area contributed by atoms with Crippen molar-refractivity contribution >= 4 is 5.91 Å². The topological polar surface area (TPSA) is 47.6 Å². The molecule has 0 saturated carbocycles. The second-order valence-electron chi connectivity index (χ2n) is 5.24. The molecule has 0 bridgehead atoms. The summed E-state index contributed by atoms with van der Waals surface area (Å²) < 4.78 is 10.7. The zero-order valence-electron chi connectivity index (χ0n) is 12.2. The molecule has 0 aromatic heterocycles. The average molecular weight is 277 g/mol. The Morgan fingerprint density at radius 3 is 2.85 bits per heavy atom. The standard InChI is InChI=1S/C16H23NO3/c1-12-15(8-5-9-20-12)16(18)17-10-13-6-3-4-7-14(13)11-19-2/h3-4,6-7,12,15H,5,8-11H2,1-2H3,(H,17,18)/t12-,15+/m1/s1. The quantitative estimate of drug-likeness (QED) is 0.898. The van der Waals surface area contributed by atoms with Crippen molar-refractivity contribution in [1.29, 1.82) is 0 Å². The normalized spacial score (nSPS) is 22.5. The lowest BCUT2D eigenvalue weighted by atomic mass is 9.94. The number of rotatable bonds is 5. The molecular formula is C16H23NO3. The van der Waals surface area contributed by atoms with E-state index in [0.29, 0.717) is 13.2 Å². The van der Waals surface area contributed by atoms with Crippen molar-refractivity contribution in [3.05, 3.63) is 35.4 Å². The van der Waals surface area contributed by atoms with Crippen molar-refractivity contribution in [2.75, 3.05) is 13.7 Å². The molecule has 110 valence electrons. The molecule has 1 fully saturated rings. The van der Waals surface area contributed by atoms with Crippen LogP contribution in [0.15, 0.2) is 24.3 Å². The number of nitrogens with one attached hydrogen (secondary N) is 1. The highest BCUT2D eigenvalue weighted by molar-refractivity contribution is 5.79. The Labute approximate surface area is 120 Å². The highest BCUT2D eigenvalue weighted by atomic mass is 16.5. The van der Waals surface area contributed by atoms with Gasteiger partial charge >= 0.3 is 0 Å². The van der Waals surface area contributed by atoms with Crippen LogP contribution in [0.4, 0.5) is 0 Å². The molecule has 1 saturated heterocycles. The fourth-order valence-electron chi connectivity index (χ4n) is 2.61. The highest BCUT2D eigenvalue weighted by Crippen LogP contribution is 2.20. The summed E-state index contributed by atoms with van der Waals surface area (Å²) in [5.74, 6) is 0.0581. The molecule has 1 aliphatic heterocycles. The zero-order chi connectivity index (χ0) is 14.4. The van der Waals surface area contributed by atoms with Gasteiger partial charge in [-0.05, 0) is 30.9 Å². The predicted molar refractivity (Wildman–Crippen MR) is 77.1 cm³/mol. The van der Waals surface area contributed by atoms with E-state index in [1.54, 1.807) is 7.11 Å². The number of hydrogen-bond donors (Lipinski definition) is 1. The first-order valence-corrected chi connectivity index (χ1v) is 7.17. The number of amides is 1. The number of benzene rings is 1. The maximum atomic E-state index is 12.2. The Kier molecular flexibility index (Phi) is 5.56.